The van der Waals surface area contributed by atoms with Gasteiger partial charge in [-0.3, -0.25) is 0 Å². The van der Waals surface area contributed by atoms with E-state index in [4.69, 9.17) is 16.3 Å². The number of aliphatic hydroxyl groups is 1. The van der Waals surface area contributed by atoms with Gasteiger partial charge in [0, 0.05) is 6.61 Å². The third kappa shape index (κ3) is 2.94. The molecule has 0 saturated carbocycles. The second-order valence-corrected chi connectivity index (χ2v) is 5.22. The summed E-state index contributed by atoms with van der Waals surface area (Å²) in [5, 5.41) is 12.5. The zero-order valence-electron chi connectivity index (χ0n) is 8.49. The fraction of sp³-hybridized carbons (Fsp3) is 0.636. The Balaban J connectivity index is 1.81. The van der Waals surface area contributed by atoms with Gasteiger partial charge in [-0.1, -0.05) is 11.6 Å². The van der Waals surface area contributed by atoms with Crippen LogP contribution in [0.1, 0.15) is 36.7 Å². The summed E-state index contributed by atoms with van der Waals surface area (Å²) in [5.41, 5.74) is 0. The molecule has 2 atom stereocenters. The number of halogens is 1. The van der Waals surface area contributed by atoms with Gasteiger partial charge in [-0.05, 0) is 37.1 Å². The molecular weight excluding hydrogens is 232 g/mol. The van der Waals surface area contributed by atoms with E-state index in [2.05, 4.69) is 0 Å². The molecule has 2 rings (SSSR count). The van der Waals surface area contributed by atoms with Crippen molar-refractivity contribution in [2.24, 2.45) is 0 Å². The number of hydrogen-bond acceptors (Lipinski definition) is 3. The average Bonchev–Trinajstić information content (AvgIpc) is 2.84. The molecule has 0 aliphatic carbocycles. The molecule has 1 aliphatic heterocycles. The van der Waals surface area contributed by atoms with E-state index in [-0.39, 0.29) is 0 Å². The first-order valence-electron chi connectivity index (χ1n) is 5.30. The molecule has 1 N–H and O–H groups in total. The molecule has 0 amide bonds. The first kappa shape index (κ1) is 11.4. The highest BCUT2D eigenvalue weighted by molar-refractivity contribution is 7.10. The van der Waals surface area contributed by atoms with Crippen LogP contribution >= 0.6 is 22.9 Å². The van der Waals surface area contributed by atoms with Gasteiger partial charge in [-0.2, -0.15) is 0 Å². The standard InChI is InChI=1S/C11H15ClO2S/c12-9-5-7-15-11(9)10(13)4-3-8-2-1-6-14-8/h5,7-8,10,13H,1-4,6H2. The van der Waals surface area contributed by atoms with E-state index in [1.165, 1.54) is 11.3 Å². The van der Waals surface area contributed by atoms with Crippen molar-refractivity contribution in [1.29, 1.82) is 0 Å². The van der Waals surface area contributed by atoms with Crippen molar-refractivity contribution in [2.75, 3.05) is 6.61 Å². The van der Waals surface area contributed by atoms with Crippen LogP contribution < -0.4 is 0 Å². The Kier molecular flexibility index (Phi) is 4.03. The molecule has 2 heterocycles. The average molecular weight is 247 g/mol. The lowest BCUT2D eigenvalue weighted by atomic mass is 10.1. The molecule has 1 aliphatic rings. The molecular formula is C11H15ClO2S. The van der Waals surface area contributed by atoms with Crippen LogP contribution in [0.3, 0.4) is 0 Å². The lowest BCUT2D eigenvalue weighted by Gasteiger charge is -2.12. The van der Waals surface area contributed by atoms with E-state index in [0.717, 1.165) is 37.2 Å². The Bertz CT molecular complexity index is 307. The van der Waals surface area contributed by atoms with Crippen LogP contribution in [0.4, 0.5) is 0 Å². The lowest BCUT2D eigenvalue weighted by Crippen LogP contribution is -2.07. The first-order valence-corrected chi connectivity index (χ1v) is 6.55. The molecule has 0 radical (unpaired) electrons. The van der Waals surface area contributed by atoms with Crippen molar-refractivity contribution in [3.63, 3.8) is 0 Å². The van der Waals surface area contributed by atoms with Gasteiger partial charge in [0.05, 0.1) is 22.1 Å². The highest BCUT2D eigenvalue weighted by Crippen LogP contribution is 2.32. The van der Waals surface area contributed by atoms with Crippen LogP contribution in [-0.4, -0.2) is 17.8 Å². The molecule has 1 aromatic rings. The van der Waals surface area contributed by atoms with Crippen molar-refractivity contribution in [3.05, 3.63) is 21.3 Å². The minimum Gasteiger partial charge on any atom is -0.388 e. The van der Waals surface area contributed by atoms with Gasteiger partial charge in [0.15, 0.2) is 0 Å². The summed E-state index contributed by atoms with van der Waals surface area (Å²) in [6, 6.07) is 1.83. The highest BCUT2D eigenvalue weighted by Gasteiger charge is 2.19. The first-order chi connectivity index (χ1) is 7.27. The van der Waals surface area contributed by atoms with Crippen LogP contribution in [0.15, 0.2) is 11.4 Å². The highest BCUT2D eigenvalue weighted by atomic mass is 35.5. The molecule has 0 bridgehead atoms. The smallest absolute Gasteiger partial charge is 0.0897 e. The molecule has 4 heteroatoms. The maximum atomic E-state index is 9.92. The quantitative estimate of drug-likeness (QED) is 0.883. The Morgan fingerprint density at radius 2 is 2.53 bits per heavy atom. The van der Waals surface area contributed by atoms with Gasteiger partial charge >= 0.3 is 0 Å². The minimum atomic E-state index is -0.429. The largest absolute Gasteiger partial charge is 0.388 e. The van der Waals surface area contributed by atoms with E-state index >= 15 is 0 Å². The summed E-state index contributed by atoms with van der Waals surface area (Å²) in [6.45, 7) is 0.876. The Labute approximate surface area is 98.8 Å². The second-order valence-electron chi connectivity index (χ2n) is 3.86. The summed E-state index contributed by atoms with van der Waals surface area (Å²) < 4.78 is 5.51. The van der Waals surface area contributed by atoms with E-state index in [1.54, 1.807) is 0 Å². The van der Waals surface area contributed by atoms with E-state index in [9.17, 15) is 5.11 Å². The molecule has 84 valence electrons. The van der Waals surface area contributed by atoms with E-state index < -0.39 is 6.10 Å². The second kappa shape index (κ2) is 5.30. The van der Waals surface area contributed by atoms with Crippen molar-refractivity contribution >= 4 is 22.9 Å². The molecule has 0 spiro atoms. The van der Waals surface area contributed by atoms with Crippen LogP contribution in [0.2, 0.25) is 5.02 Å². The minimum absolute atomic E-state index is 0.346. The van der Waals surface area contributed by atoms with Gasteiger partial charge in [0.25, 0.3) is 0 Å². The van der Waals surface area contributed by atoms with E-state index in [0.29, 0.717) is 11.1 Å². The zero-order chi connectivity index (χ0) is 10.7. The summed E-state index contributed by atoms with van der Waals surface area (Å²) in [4.78, 5) is 0.884. The topological polar surface area (TPSA) is 29.5 Å². The summed E-state index contributed by atoms with van der Waals surface area (Å²) >= 11 is 7.47. The molecule has 1 fully saturated rings. The Morgan fingerprint density at radius 1 is 1.67 bits per heavy atom. The van der Waals surface area contributed by atoms with Gasteiger partial charge in [-0.15, -0.1) is 11.3 Å². The van der Waals surface area contributed by atoms with Crippen molar-refractivity contribution in [1.82, 2.24) is 0 Å². The molecule has 1 aromatic heterocycles. The lowest BCUT2D eigenvalue weighted by molar-refractivity contribution is 0.0821. The third-order valence-electron chi connectivity index (χ3n) is 2.73. The SMILES string of the molecule is OC(CCC1CCCO1)c1sccc1Cl. The summed E-state index contributed by atoms with van der Waals surface area (Å²) in [7, 11) is 0. The van der Waals surface area contributed by atoms with Crippen molar-refractivity contribution in [3.8, 4) is 0 Å². The number of ether oxygens (including phenoxy) is 1. The number of hydrogen-bond donors (Lipinski definition) is 1. The monoisotopic (exact) mass is 246 g/mol. The van der Waals surface area contributed by atoms with Gasteiger partial charge in [-0.25, -0.2) is 0 Å². The van der Waals surface area contributed by atoms with Crippen LogP contribution in [0.5, 0.6) is 0 Å². The maximum absolute atomic E-state index is 9.92. The molecule has 15 heavy (non-hydrogen) atoms. The fourth-order valence-electron chi connectivity index (χ4n) is 1.89. The zero-order valence-corrected chi connectivity index (χ0v) is 10.1. The summed E-state index contributed by atoms with van der Waals surface area (Å²) in [6.07, 6.45) is 3.87. The van der Waals surface area contributed by atoms with Gasteiger partial charge < -0.3 is 9.84 Å². The molecule has 0 aromatic carbocycles. The fourth-order valence-corrected chi connectivity index (χ4v) is 3.09. The number of thiophene rings is 1. The predicted molar refractivity (Wildman–Crippen MR) is 62.5 cm³/mol. The maximum Gasteiger partial charge on any atom is 0.0897 e. The summed E-state index contributed by atoms with van der Waals surface area (Å²) in [5.74, 6) is 0. The van der Waals surface area contributed by atoms with Crippen molar-refractivity contribution < 1.29 is 9.84 Å². The van der Waals surface area contributed by atoms with Crippen molar-refractivity contribution in [2.45, 2.75) is 37.9 Å². The Morgan fingerprint density at radius 3 is 3.13 bits per heavy atom. The molecule has 2 unspecified atom stereocenters. The normalized spacial score (nSPS) is 23.2. The van der Waals surface area contributed by atoms with Crippen LogP contribution in [-0.2, 0) is 4.74 Å². The predicted octanol–water partition coefficient (Wildman–Crippen LogP) is 3.39. The third-order valence-corrected chi connectivity index (χ3v) is 4.19. The van der Waals surface area contributed by atoms with E-state index in [1.807, 2.05) is 11.4 Å². The molecule has 1 saturated heterocycles. The van der Waals surface area contributed by atoms with Crippen LogP contribution in [0, 0.1) is 0 Å². The van der Waals surface area contributed by atoms with Gasteiger partial charge in [0.2, 0.25) is 0 Å². The Hall–Kier alpha value is -0.0900. The number of aliphatic hydroxyl groups excluding tert-OH is 1. The number of rotatable bonds is 4. The van der Waals surface area contributed by atoms with Gasteiger partial charge in [0.1, 0.15) is 0 Å². The molecule has 2 nitrogen and oxygen atoms in total. The van der Waals surface area contributed by atoms with Crippen LogP contribution in [0.25, 0.3) is 0 Å².